The minimum Gasteiger partial charge on any atom is -0.313 e. The van der Waals surface area contributed by atoms with Gasteiger partial charge in [-0.1, -0.05) is 103 Å². The molecular formula is C42H28N2S. The van der Waals surface area contributed by atoms with Gasteiger partial charge in [0, 0.05) is 43.5 Å². The first-order chi connectivity index (χ1) is 22.3. The summed E-state index contributed by atoms with van der Waals surface area (Å²) >= 11 is 1.90. The molecule has 6 aromatic carbocycles. The van der Waals surface area contributed by atoms with Crippen molar-refractivity contribution in [1.29, 1.82) is 0 Å². The Morgan fingerprint density at radius 1 is 0.578 bits per heavy atom. The summed E-state index contributed by atoms with van der Waals surface area (Å²) in [5.41, 5.74) is 11.5. The number of allylic oxidation sites excluding steroid dienone is 4. The number of anilines is 2. The minimum atomic E-state index is 0.321. The van der Waals surface area contributed by atoms with E-state index in [4.69, 9.17) is 0 Å². The molecule has 0 spiro atoms. The zero-order valence-corrected chi connectivity index (χ0v) is 25.3. The van der Waals surface area contributed by atoms with Crippen molar-refractivity contribution >= 4 is 64.7 Å². The summed E-state index contributed by atoms with van der Waals surface area (Å²) in [7, 11) is 0. The SMILES string of the molecule is C1=CCC2C(=C1)N(c1cccc(-c3ccccc3)c1)c1cc3c4ccccc4n(-c4cccc5c4sc4ccccc45)c3cc12. The molecule has 0 bridgehead atoms. The van der Waals surface area contributed by atoms with Crippen LogP contribution in [0.25, 0.3) is 58.8 Å². The molecule has 8 aromatic rings. The molecule has 3 heterocycles. The Hall–Kier alpha value is -5.38. The van der Waals surface area contributed by atoms with Gasteiger partial charge in [-0.15, -0.1) is 11.3 Å². The highest BCUT2D eigenvalue weighted by atomic mass is 32.1. The molecule has 1 atom stereocenters. The van der Waals surface area contributed by atoms with Crippen LogP contribution in [0.1, 0.15) is 17.9 Å². The van der Waals surface area contributed by atoms with Gasteiger partial charge in [0.25, 0.3) is 0 Å². The summed E-state index contributed by atoms with van der Waals surface area (Å²) in [6, 6.07) is 49.2. The zero-order chi connectivity index (χ0) is 29.5. The largest absolute Gasteiger partial charge is 0.313 e. The molecule has 45 heavy (non-hydrogen) atoms. The van der Waals surface area contributed by atoms with Gasteiger partial charge in [-0.05, 0) is 71.7 Å². The molecule has 1 aliphatic carbocycles. The summed E-state index contributed by atoms with van der Waals surface area (Å²) in [6.45, 7) is 0. The number of para-hydroxylation sites is 1. The molecule has 0 N–H and O–H groups in total. The Morgan fingerprint density at radius 3 is 2.29 bits per heavy atom. The highest BCUT2D eigenvalue weighted by Gasteiger charge is 2.36. The lowest BCUT2D eigenvalue weighted by Gasteiger charge is -2.25. The Morgan fingerprint density at radius 2 is 1.36 bits per heavy atom. The molecule has 10 rings (SSSR count). The zero-order valence-electron chi connectivity index (χ0n) is 24.5. The predicted molar refractivity (Wildman–Crippen MR) is 192 cm³/mol. The summed E-state index contributed by atoms with van der Waals surface area (Å²) in [6.07, 6.45) is 7.87. The van der Waals surface area contributed by atoms with Crippen LogP contribution in [-0.2, 0) is 0 Å². The molecule has 0 saturated carbocycles. The third-order valence-corrected chi connectivity index (χ3v) is 10.9. The quantitative estimate of drug-likeness (QED) is 0.198. The first-order valence-corrected chi connectivity index (χ1v) is 16.5. The second kappa shape index (κ2) is 9.56. The van der Waals surface area contributed by atoms with Gasteiger partial charge in [0.2, 0.25) is 0 Å². The third kappa shape index (κ3) is 3.62. The molecule has 0 saturated heterocycles. The van der Waals surface area contributed by atoms with E-state index < -0.39 is 0 Å². The number of hydrogen-bond donors (Lipinski definition) is 0. The Labute approximate surface area is 265 Å². The van der Waals surface area contributed by atoms with Crippen LogP contribution in [-0.4, -0.2) is 4.57 Å². The lowest BCUT2D eigenvalue weighted by molar-refractivity contribution is 0.820. The van der Waals surface area contributed by atoms with E-state index in [1.54, 1.807) is 0 Å². The van der Waals surface area contributed by atoms with Crippen LogP contribution in [0, 0.1) is 0 Å². The van der Waals surface area contributed by atoms with E-state index in [0.29, 0.717) is 5.92 Å². The number of fused-ring (bicyclic) bond motifs is 9. The van der Waals surface area contributed by atoms with Gasteiger partial charge in [-0.25, -0.2) is 0 Å². The van der Waals surface area contributed by atoms with Crippen LogP contribution < -0.4 is 4.90 Å². The predicted octanol–water partition coefficient (Wildman–Crippen LogP) is 11.9. The van der Waals surface area contributed by atoms with Crippen LogP contribution in [0.2, 0.25) is 0 Å². The Balaban J connectivity index is 1.24. The van der Waals surface area contributed by atoms with E-state index in [1.165, 1.54) is 81.4 Å². The molecule has 1 aliphatic heterocycles. The van der Waals surface area contributed by atoms with Crippen LogP contribution >= 0.6 is 11.3 Å². The molecule has 0 radical (unpaired) electrons. The van der Waals surface area contributed by atoms with E-state index in [2.05, 4.69) is 161 Å². The monoisotopic (exact) mass is 592 g/mol. The molecule has 2 aliphatic rings. The number of thiophene rings is 1. The molecule has 1 unspecified atom stereocenters. The van der Waals surface area contributed by atoms with Crippen LogP contribution in [0.15, 0.2) is 157 Å². The van der Waals surface area contributed by atoms with Crippen molar-refractivity contribution in [1.82, 2.24) is 4.57 Å². The number of rotatable bonds is 3. The average molecular weight is 593 g/mol. The van der Waals surface area contributed by atoms with Crippen molar-refractivity contribution in [3.05, 3.63) is 163 Å². The van der Waals surface area contributed by atoms with Crippen molar-refractivity contribution in [3.8, 4) is 16.8 Å². The second-order valence-electron chi connectivity index (χ2n) is 12.1. The van der Waals surface area contributed by atoms with Crippen LogP contribution in [0.4, 0.5) is 11.4 Å². The lowest BCUT2D eigenvalue weighted by Crippen LogP contribution is -2.14. The molecule has 0 fully saturated rings. The summed E-state index contributed by atoms with van der Waals surface area (Å²) < 4.78 is 5.18. The maximum Gasteiger partial charge on any atom is 0.0640 e. The summed E-state index contributed by atoms with van der Waals surface area (Å²) in [5, 5.41) is 5.23. The van der Waals surface area contributed by atoms with Gasteiger partial charge in [-0.2, -0.15) is 0 Å². The van der Waals surface area contributed by atoms with Crippen molar-refractivity contribution in [2.45, 2.75) is 12.3 Å². The van der Waals surface area contributed by atoms with Crippen molar-refractivity contribution < 1.29 is 0 Å². The van der Waals surface area contributed by atoms with Crippen LogP contribution in [0.3, 0.4) is 0 Å². The Bertz CT molecular complexity index is 2530. The molecule has 3 heteroatoms. The number of aromatic nitrogens is 1. The molecule has 0 amide bonds. The summed E-state index contributed by atoms with van der Waals surface area (Å²) in [5.74, 6) is 0.321. The van der Waals surface area contributed by atoms with E-state index in [9.17, 15) is 0 Å². The van der Waals surface area contributed by atoms with Gasteiger partial charge in [0.1, 0.15) is 0 Å². The van der Waals surface area contributed by atoms with E-state index in [0.717, 1.165) is 6.42 Å². The van der Waals surface area contributed by atoms with Crippen LogP contribution in [0.5, 0.6) is 0 Å². The fourth-order valence-electron chi connectivity index (χ4n) is 7.68. The topological polar surface area (TPSA) is 8.17 Å². The smallest absolute Gasteiger partial charge is 0.0640 e. The first kappa shape index (κ1) is 25.0. The number of nitrogens with zero attached hydrogens (tertiary/aromatic N) is 2. The van der Waals surface area contributed by atoms with Gasteiger partial charge in [-0.3, -0.25) is 0 Å². The van der Waals surface area contributed by atoms with Gasteiger partial charge >= 0.3 is 0 Å². The van der Waals surface area contributed by atoms with Crippen molar-refractivity contribution in [2.75, 3.05) is 4.90 Å². The molecule has 2 nitrogen and oxygen atoms in total. The fourth-order valence-corrected chi connectivity index (χ4v) is 8.88. The van der Waals surface area contributed by atoms with E-state index in [-0.39, 0.29) is 0 Å². The highest BCUT2D eigenvalue weighted by Crippen LogP contribution is 2.53. The summed E-state index contributed by atoms with van der Waals surface area (Å²) in [4.78, 5) is 2.51. The number of benzene rings is 6. The molecular weight excluding hydrogens is 565 g/mol. The highest BCUT2D eigenvalue weighted by molar-refractivity contribution is 7.26. The standard InChI is InChI=1S/C42H28N2S/c1-2-12-27(13-3-1)28-14-10-15-29(24-28)43-36-20-7-4-16-30(36)34-26-40-35(25-39(34)43)31-17-5-8-21-37(31)44(40)38-22-11-19-33-32-18-6-9-23-41(32)45-42(33)38/h1-15,17-26,30H,16H2. The van der Waals surface area contributed by atoms with Gasteiger partial charge in [0.05, 0.1) is 27.1 Å². The lowest BCUT2D eigenvalue weighted by atomic mass is 9.91. The number of hydrogen-bond acceptors (Lipinski definition) is 2. The maximum absolute atomic E-state index is 2.52. The molecule has 2 aromatic heterocycles. The molecule has 212 valence electrons. The fraction of sp³-hybridized carbons (Fsp3) is 0.0476. The second-order valence-corrected chi connectivity index (χ2v) is 13.1. The van der Waals surface area contributed by atoms with E-state index >= 15 is 0 Å². The maximum atomic E-state index is 2.52. The van der Waals surface area contributed by atoms with Gasteiger partial charge in [0.15, 0.2) is 0 Å². The first-order valence-electron chi connectivity index (χ1n) is 15.6. The minimum absolute atomic E-state index is 0.321. The third-order valence-electron chi connectivity index (χ3n) is 9.66. The normalized spacial score (nSPS) is 15.7. The Kier molecular flexibility index (Phi) is 5.31. The van der Waals surface area contributed by atoms with Gasteiger partial charge < -0.3 is 9.47 Å². The average Bonchev–Trinajstić information content (AvgIpc) is 3.75. The van der Waals surface area contributed by atoms with E-state index in [1.807, 2.05) is 11.3 Å². The van der Waals surface area contributed by atoms with Crippen molar-refractivity contribution in [3.63, 3.8) is 0 Å². The van der Waals surface area contributed by atoms with Crippen molar-refractivity contribution in [2.24, 2.45) is 0 Å².